The number of aliphatic hydroxyl groups is 6. The largest absolute Gasteiger partial charge is 1.00 e. The Kier molecular flexibility index (Phi) is 9.72. The first-order valence-electron chi connectivity index (χ1n) is 12.9. The zero-order chi connectivity index (χ0) is 30.5. The Bertz CT molecular complexity index is 1440. The molecule has 2 aliphatic heterocycles. The molecule has 0 unspecified atom stereocenters. The molecule has 2 fully saturated rings. The van der Waals surface area contributed by atoms with Crippen molar-refractivity contribution in [2.45, 2.75) is 68.3 Å². The smallest absolute Gasteiger partial charge is 0.402 e. The molecule has 0 saturated carbocycles. The predicted octanol–water partition coefficient (Wildman–Crippen LogP) is -3.76. The van der Waals surface area contributed by atoms with Crippen LogP contribution in [-0.4, -0.2) is 119 Å². The number of benzene rings is 2. The SMILES string of the molecule is C[C@@H]1O[C@@H](OC[C@H]2O[C@@H](Oc3cc4c(O)cc(O)cc4[o+]c3-c3ccc(O)c(O)c3)[C@H](O)[C@@H](O)[C@@H]2O)[C@H](O)[C@H](O)[C@H]1O.[Cl-]. The van der Waals surface area contributed by atoms with Gasteiger partial charge in [-0.25, -0.2) is 4.42 Å². The Labute approximate surface area is 249 Å². The van der Waals surface area contributed by atoms with Crippen LogP contribution < -0.4 is 17.1 Å². The fourth-order valence-electron chi connectivity index (χ4n) is 4.76. The third kappa shape index (κ3) is 6.37. The third-order valence-electron chi connectivity index (χ3n) is 7.20. The highest BCUT2D eigenvalue weighted by Gasteiger charge is 2.48. The lowest BCUT2D eigenvalue weighted by atomic mass is 9.98. The lowest BCUT2D eigenvalue weighted by molar-refractivity contribution is -0.318. The number of phenolic OH excluding ortho intramolecular Hbond substituents is 4. The van der Waals surface area contributed by atoms with Gasteiger partial charge in [0.25, 0.3) is 0 Å². The molecule has 3 heterocycles. The molecule has 236 valence electrons. The maximum atomic E-state index is 10.7. The monoisotopic (exact) mass is 630 g/mol. The number of aromatic hydroxyl groups is 4. The van der Waals surface area contributed by atoms with E-state index in [4.69, 9.17) is 23.4 Å². The van der Waals surface area contributed by atoms with Crippen molar-refractivity contribution in [2.75, 3.05) is 6.61 Å². The molecule has 43 heavy (non-hydrogen) atoms. The highest BCUT2D eigenvalue weighted by molar-refractivity contribution is 5.88. The summed E-state index contributed by atoms with van der Waals surface area (Å²) in [5.41, 5.74) is 0.163. The summed E-state index contributed by atoms with van der Waals surface area (Å²) in [6, 6.07) is 7.22. The summed E-state index contributed by atoms with van der Waals surface area (Å²) in [6.07, 6.45) is -15.3. The molecule has 10 atom stereocenters. The van der Waals surface area contributed by atoms with Crippen LogP contribution >= 0.6 is 0 Å². The zero-order valence-electron chi connectivity index (χ0n) is 22.3. The van der Waals surface area contributed by atoms with Gasteiger partial charge in [-0.1, -0.05) is 0 Å². The molecule has 0 amide bonds. The fourth-order valence-corrected chi connectivity index (χ4v) is 4.76. The molecule has 16 heteroatoms. The lowest BCUT2D eigenvalue weighted by Crippen LogP contribution is -3.00. The van der Waals surface area contributed by atoms with Gasteiger partial charge in [0.2, 0.25) is 12.0 Å². The van der Waals surface area contributed by atoms with Crippen molar-refractivity contribution in [2.24, 2.45) is 0 Å². The van der Waals surface area contributed by atoms with Crippen LogP contribution in [0.25, 0.3) is 22.3 Å². The third-order valence-corrected chi connectivity index (χ3v) is 7.20. The van der Waals surface area contributed by atoms with Crippen molar-refractivity contribution >= 4 is 11.0 Å². The van der Waals surface area contributed by atoms with Crippen molar-refractivity contribution in [1.29, 1.82) is 0 Å². The fraction of sp³-hybridized carbons (Fsp3) is 0.444. The average molecular weight is 631 g/mol. The molecule has 3 aromatic rings. The summed E-state index contributed by atoms with van der Waals surface area (Å²) in [6.45, 7) is 0.925. The first-order chi connectivity index (χ1) is 19.8. The van der Waals surface area contributed by atoms with Crippen LogP contribution in [0.1, 0.15) is 6.92 Å². The normalized spacial score (nSPS) is 32.7. The summed E-state index contributed by atoms with van der Waals surface area (Å²) < 4.78 is 28.3. The van der Waals surface area contributed by atoms with E-state index >= 15 is 0 Å². The van der Waals surface area contributed by atoms with Gasteiger partial charge in [-0.2, -0.15) is 0 Å². The van der Waals surface area contributed by atoms with Crippen LogP contribution in [0.3, 0.4) is 0 Å². The number of phenols is 4. The minimum atomic E-state index is -1.82. The summed E-state index contributed by atoms with van der Waals surface area (Å²) in [4.78, 5) is 0. The van der Waals surface area contributed by atoms with Crippen molar-refractivity contribution < 1.29 is 86.8 Å². The quantitative estimate of drug-likeness (QED) is 0.0927. The van der Waals surface area contributed by atoms with E-state index in [0.717, 1.165) is 12.1 Å². The van der Waals surface area contributed by atoms with Gasteiger partial charge >= 0.3 is 11.3 Å². The van der Waals surface area contributed by atoms with Crippen molar-refractivity contribution in [3.8, 4) is 40.1 Å². The molecule has 2 aliphatic rings. The number of hydrogen-bond donors (Lipinski definition) is 10. The average Bonchev–Trinajstić information content (AvgIpc) is 2.95. The molecule has 10 N–H and O–H groups in total. The van der Waals surface area contributed by atoms with Gasteiger partial charge in [0.15, 0.2) is 17.8 Å². The molecule has 0 bridgehead atoms. The number of halogens is 1. The van der Waals surface area contributed by atoms with Gasteiger partial charge in [0.05, 0.1) is 24.3 Å². The molecule has 15 nitrogen and oxygen atoms in total. The second-order valence-corrected chi connectivity index (χ2v) is 10.2. The van der Waals surface area contributed by atoms with E-state index in [0.29, 0.717) is 0 Å². The molecular formula is C27H31ClO15. The van der Waals surface area contributed by atoms with Crippen molar-refractivity contribution in [3.05, 3.63) is 36.4 Å². The van der Waals surface area contributed by atoms with Crippen molar-refractivity contribution in [1.82, 2.24) is 0 Å². The number of aliphatic hydroxyl groups excluding tert-OH is 6. The summed E-state index contributed by atoms with van der Waals surface area (Å²) in [5, 5.41) is 102. The van der Waals surface area contributed by atoms with Gasteiger partial charge in [-0.05, 0) is 19.1 Å². The van der Waals surface area contributed by atoms with Crippen LogP contribution in [0.2, 0.25) is 0 Å². The first kappa shape index (κ1) is 32.7. The topological polar surface area (TPSA) is 251 Å². The molecular weight excluding hydrogens is 600 g/mol. The Hall–Kier alpha value is -3.22. The first-order valence-corrected chi connectivity index (χ1v) is 12.9. The molecule has 0 radical (unpaired) electrons. The number of rotatable bonds is 6. The van der Waals surface area contributed by atoms with Gasteiger partial charge in [0, 0.05) is 18.2 Å². The van der Waals surface area contributed by atoms with Gasteiger partial charge in [-0.15, -0.1) is 0 Å². The lowest BCUT2D eigenvalue weighted by Gasteiger charge is -2.42. The summed E-state index contributed by atoms with van der Waals surface area (Å²) in [5.74, 6) is -1.92. The maximum absolute atomic E-state index is 10.7. The second kappa shape index (κ2) is 12.8. The number of fused-ring (bicyclic) bond motifs is 1. The van der Waals surface area contributed by atoms with E-state index in [1.807, 2.05) is 0 Å². The van der Waals surface area contributed by atoms with Crippen LogP contribution in [0.5, 0.6) is 28.7 Å². The number of ether oxygens (including phenoxy) is 4. The molecule has 1 aromatic heterocycles. The molecule has 5 rings (SSSR count). The Morgan fingerprint density at radius 1 is 0.721 bits per heavy atom. The van der Waals surface area contributed by atoms with E-state index in [2.05, 4.69) is 0 Å². The van der Waals surface area contributed by atoms with E-state index in [1.165, 1.54) is 31.2 Å². The zero-order valence-corrected chi connectivity index (χ0v) is 23.1. The standard InChI is InChI=1S/C27H30O15.ClH/c1-9-19(32)21(34)23(36)26(39-9)38-8-18-20(33)22(35)24(37)27(42-18)41-17-7-12-14(30)5-11(28)6-16(12)40-25(17)10-2-3-13(29)15(31)4-10;/h2-7,9,18-24,26-27,32-37H,8H2,1H3,(H3-,28,29,30,31);1H/t9-,18+,19-,20+,21+,22-,23+,24+,26+,27+;/m0./s1. The van der Waals surface area contributed by atoms with E-state index < -0.39 is 85.3 Å². The second-order valence-electron chi connectivity index (χ2n) is 10.2. The molecule has 0 spiro atoms. The van der Waals surface area contributed by atoms with Crippen LogP contribution in [-0.2, 0) is 14.2 Å². The molecule has 2 aromatic carbocycles. The molecule has 2 saturated heterocycles. The van der Waals surface area contributed by atoms with E-state index in [-0.39, 0.29) is 46.2 Å². The highest BCUT2D eigenvalue weighted by Crippen LogP contribution is 2.42. The maximum Gasteiger partial charge on any atom is 0.402 e. The number of hydrogen-bond acceptors (Lipinski definition) is 14. The van der Waals surface area contributed by atoms with Gasteiger partial charge in [-0.3, -0.25) is 0 Å². The van der Waals surface area contributed by atoms with Crippen molar-refractivity contribution in [3.63, 3.8) is 0 Å². The van der Waals surface area contributed by atoms with Gasteiger partial charge in [0.1, 0.15) is 59.6 Å². The van der Waals surface area contributed by atoms with Gasteiger partial charge < -0.3 is 82.4 Å². The minimum absolute atomic E-state index is 0. The van der Waals surface area contributed by atoms with E-state index in [9.17, 15) is 51.1 Å². The van der Waals surface area contributed by atoms with Crippen LogP contribution in [0.15, 0.2) is 40.8 Å². The Morgan fingerprint density at radius 3 is 2.09 bits per heavy atom. The van der Waals surface area contributed by atoms with Crippen LogP contribution in [0.4, 0.5) is 0 Å². The Morgan fingerprint density at radius 2 is 1.40 bits per heavy atom. The predicted molar refractivity (Wildman–Crippen MR) is 138 cm³/mol. The minimum Gasteiger partial charge on any atom is -1.00 e. The highest BCUT2D eigenvalue weighted by atomic mass is 35.5. The summed E-state index contributed by atoms with van der Waals surface area (Å²) in [7, 11) is 0. The van der Waals surface area contributed by atoms with E-state index in [1.54, 1.807) is 0 Å². The van der Waals surface area contributed by atoms with Crippen LogP contribution in [0, 0.1) is 0 Å². The molecule has 0 aliphatic carbocycles. The summed E-state index contributed by atoms with van der Waals surface area (Å²) >= 11 is 0. The Balaban J connectivity index is 0.00000423.